The van der Waals surface area contributed by atoms with Crippen molar-refractivity contribution >= 4 is 23.9 Å². The molecule has 0 bridgehead atoms. The summed E-state index contributed by atoms with van der Waals surface area (Å²) in [7, 11) is 1.70. The summed E-state index contributed by atoms with van der Waals surface area (Å²) in [6, 6.07) is 0. The van der Waals surface area contributed by atoms with Gasteiger partial charge in [-0.05, 0) is 12.8 Å². The number of hydrogen-bond donors (Lipinski definition) is 1. The molecule has 1 N–H and O–H groups in total. The van der Waals surface area contributed by atoms with Gasteiger partial charge in [0.25, 0.3) is 0 Å². The summed E-state index contributed by atoms with van der Waals surface area (Å²) >= 11 is 0. The zero-order valence-electron chi connectivity index (χ0n) is 16.6. The van der Waals surface area contributed by atoms with E-state index in [0.29, 0.717) is 11.4 Å². The maximum absolute atomic E-state index is 12.2. The first-order valence-corrected chi connectivity index (χ1v) is 8.66. The molecule has 0 radical (unpaired) electrons. The molecule has 1 rings (SSSR count). The van der Waals surface area contributed by atoms with E-state index in [-0.39, 0.29) is 6.54 Å². The van der Waals surface area contributed by atoms with Gasteiger partial charge in [-0.25, -0.2) is 4.79 Å². The van der Waals surface area contributed by atoms with Crippen molar-refractivity contribution in [2.45, 2.75) is 58.4 Å². The lowest BCUT2D eigenvalue weighted by Gasteiger charge is -2.42. The van der Waals surface area contributed by atoms with Crippen molar-refractivity contribution < 1.29 is 47.8 Å². The van der Waals surface area contributed by atoms with Crippen LogP contribution in [0.25, 0.3) is 0 Å². The third kappa shape index (κ3) is 7.17. The number of ether oxygens (including phenoxy) is 5. The number of quaternary nitrogens is 1. The van der Waals surface area contributed by atoms with Gasteiger partial charge in [0, 0.05) is 20.8 Å². The highest BCUT2D eigenvalue weighted by atomic mass is 16.7. The number of nitrogens with one attached hydrogen (secondary N) is 1. The van der Waals surface area contributed by atoms with E-state index in [2.05, 4.69) is 5.92 Å². The van der Waals surface area contributed by atoms with Crippen molar-refractivity contribution in [2.24, 2.45) is 0 Å². The van der Waals surface area contributed by atoms with E-state index in [4.69, 9.17) is 30.1 Å². The van der Waals surface area contributed by atoms with Crippen molar-refractivity contribution in [3.63, 3.8) is 0 Å². The van der Waals surface area contributed by atoms with E-state index in [1.807, 2.05) is 0 Å². The van der Waals surface area contributed by atoms with Crippen molar-refractivity contribution in [1.82, 2.24) is 0 Å². The Morgan fingerprint density at radius 2 is 1.43 bits per heavy atom. The second kappa shape index (κ2) is 10.6. The fourth-order valence-corrected chi connectivity index (χ4v) is 2.72. The zero-order valence-corrected chi connectivity index (χ0v) is 16.6. The van der Waals surface area contributed by atoms with Crippen molar-refractivity contribution in [1.29, 1.82) is 0 Å². The molecule has 0 aromatic rings. The molecule has 28 heavy (non-hydrogen) atoms. The number of terminal acetylenes is 1. The van der Waals surface area contributed by atoms with Gasteiger partial charge in [0.15, 0.2) is 18.8 Å². The SMILES string of the molecule is C#CC[NH+](C)CC(=O)OC1OC(C)C(OC(C)=O)C(OC(C)=O)C1OC(C)=O. The van der Waals surface area contributed by atoms with E-state index in [9.17, 15) is 19.2 Å². The monoisotopic (exact) mass is 400 g/mol. The van der Waals surface area contributed by atoms with Gasteiger partial charge in [-0.1, -0.05) is 0 Å². The maximum Gasteiger partial charge on any atom is 0.364 e. The molecule has 1 fully saturated rings. The number of rotatable bonds is 7. The molecule has 10 nitrogen and oxygen atoms in total. The summed E-state index contributed by atoms with van der Waals surface area (Å²) in [6.07, 6.45) is -0.563. The summed E-state index contributed by atoms with van der Waals surface area (Å²) in [5.74, 6) is -0.304. The molecule has 0 spiro atoms. The minimum Gasteiger partial charge on any atom is -0.456 e. The molecule has 6 atom stereocenters. The van der Waals surface area contributed by atoms with Crippen LogP contribution in [0.3, 0.4) is 0 Å². The van der Waals surface area contributed by atoms with E-state index in [0.717, 1.165) is 13.8 Å². The van der Waals surface area contributed by atoms with Crippen molar-refractivity contribution in [2.75, 3.05) is 20.1 Å². The van der Waals surface area contributed by atoms with Crippen LogP contribution in [0.5, 0.6) is 0 Å². The first kappa shape index (κ1) is 23.4. The van der Waals surface area contributed by atoms with E-state index < -0.39 is 54.6 Å². The van der Waals surface area contributed by atoms with E-state index in [1.165, 1.54) is 6.92 Å². The molecular weight excluding hydrogens is 374 g/mol. The van der Waals surface area contributed by atoms with Gasteiger partial charge in [-0.3, -0.25) is 14.4 Å². The third-order valence-corrected chi connectivity index (χ3v) is 3.73. The van der Waals surface area contributed by atoms with Crippen LogP contribution in [0.4, 0.5) is 0 Å². The average molecular weight is 400 g/mol. The molecule has 0 aromatic carbocycles. The molecule has 1 heterocycles. The Bertz CT molecular complexity index is 641. The second-order valence-corrected chi connectivity index (χ2v) is 6.44. The standard InChI is InChI=1S/C18H25NO9/c1-7-8-19(6)9-14(23)28-18-17(27-13(5)22)16(26-12(4)21)15(10(2)24-18)25-11(3)20/h1,10,15-18H,8-9H2,2-6H3/p+1. The van der Waals surface area contributed by atoms with Gasteiger partial charge in [0.1, 0.15) is 6.54 Å². The highest BCUT2D eigenvalue weighted by Crippen LogP contribution is 2.29. The van der Waals surface area contributed by atoms with E-state index in [1.54, 1.807) is 14.0 Å². The summed E-state index contributed by atoms with van der Waals surface area (Å²) < 4.78 is 26.5. The van der Waals surface area contributed by atoms with Gasteiger partial charge in [0.2, 0.25) is 12.4 Å². The van der Waals surface area contributed by atoms with Crippen LogP contribution in [0.2, 0.25) is 0 Å². The van der Waals surface area contributed by atoms with Gasteiger partial charge in [0.05, 0.1) is 13.2 Å². The smallest absolute Gasteiger partial charge is 0.364 e. The number of likely N-dealkylation sites (N-methyl/N-ethyl adjacent to an activating group) is 1. The highest BCUT2D eigenvalue weighted by Gasteiger charge is 2.52. The lowest BCUT2D eigenvalue weighted by atomic mass is 9.99. The molecule has 156 valence electrons. The van der Waals surface area contributed by atoms with Crippen LogP contribution in [0, 0.1) is 12.3 Å². The average Bonchev–Trinajstić information content (AvgIpc) is 2.53. The summed E-state index contributed by atoms with van der Waals surface area (Å²) in [5.41, 5.74) is 0. The predicted octanol–water partition coefficient (Wildman–Crippen LogP) is -1.78. The van der Waals surface area contributed by atoms with Crippen LogP contribution in [0.15, 0.2) is 0 Å². The molecular formula is C18H26NO9+. The molecule has 0 aliphatic carbocycles. The van der Waals surface area contributed by atoms with Gasteiger partial charge in [-0.2, -0.15) is 0 Å². The van der Waals surface area contributed by atoms with Gasteiger partial charge in [-0.15, -0.1) is 6.42 Å². The summed E-state index contributed by atoms with van der Waals surface area (Å²) in [5, 5.41) is 0. The minimum atomic E-state index is -1.36. The minimum absolute atomic E-state index is 0.0587. The van der Waals surface area contributed by atoms with Crippen molar-refractivity contribution in [3.8, 4) is 12.3 Å². The first-order chi connectivity index (χ1) is 13.0. The zero-order chi connectivity index (χ0) is 21.4. The Morgan fingerprint density at radius 3 is 1.93 bits per heavy atom. The largest absolute Gasteiger partial charge is 0.456 e. The molecule has 1 aliphatic heterocycles. The first-order valence-electron chi connectivity index (χ1n) is 8.66. The summed E-state index contributed by atoms with van der Waals surface area (Å²) in [4.78, 5) is 47.4. The Hall–Kier alpha value is -2.64. The Balaban J connectivity index is 3.08. The van der Waals surface area contributed by atoms with E-state index >= 15 is 0 Å². The topological polar surface area (TPSA) is 119 Å². The number of carbonyl (C=O) groups is 4. The quantitative estimate of drug-likeness (QED) is 0.300. The van der Waals surface area contributed by atoms with Crippen molar-refractivity contribution in [3.05, 3.63) is 0 Å². The highest BCUT2D eigenvalue weighted by molar-refractivity contribution is 5.71. The lowest BCUT2D eigenvalue weighted by molar-refractivity contribution is -0.864. The van der Waals surface area contributed by atoms with Gasteiger partial charge >= 0.3 is 23.9 Å². The van der Waals surface area contributed by atoms with Crippen LogP contribution in [-0.4, -0.2) is 74.7 Å². The molecule has 0 amide bonds. The number of hydrogen-bond acceptors (Lipinski definition) is 9. The fraction of sp³-hybridized carbons (Fsp3) is 0.667. The second-order valence-electron chi connectivity index (χ2n) is 6.44. The Labute approximate surface area is 163 Å². The fourth-order valence-electron chi connectivity index (χ4n) is 2.72. The molecule has 10 heteroatoms. The van der Waals surface area contributed by atoms with Gasteiger partial charge < -0.3 is 28.6 Å². The van der Waals surface area contributed by atoms with Crippen LogP contribution >= 0.6 is 0 Å². The molecule has 1 saturated heterocycles. The predicted molar refractivity (Wildman–Crippen MR) is 92.5 cm³/mol. The Kier molecular flexibility index (Phi) is 8.88. The maximum atomic E-state index is 12.2. The molecule has 0 saturated carbocycles. The molecule has 1 aliphatic rings. The third-order valence-electron chi connectivity index (χ3n) is 3.73. The summed E-state index contributed by atoms with van der Waals surface area (Å²) in [6.45, 7) is 5.24. The molecule has 0 aromatic heterocycles. The Morgan fingerprint density at radius 1 is 0.929 bits per heavy atom. The number of carbonyl (C=O) groups excluding carboxylic acids is 4. The van der Waals surface area contributed by atoms with Crippen LogP contribution in [0.1, 0.15) is 27.7 Å². The van der Waals surface area contributed by atoms with Crippen LogP contribution in [-0.2, 0) is 42.9 Å². The number of esters is 4. The normalized spacial score (nSPS) is 27.6. The lowest BCUT2D eigenvalue weighted by Crippen LogP contribution is -3.09. The molecule has 6 unspecified atom stereocenters. The van der Waals surface area contributed by atoms with Crippen LogP contribution < -0.4 is 4.90 Å².